The molecule has 0 bridgehead atoms. The zero-order chi connectivity index (χ0) is 13.9. The maximum atomic E-state index is 13.1. The van der Waals surface area contributed by atoms with Crippen LogP contribution in [0.1, 0.15) is 38.2 Å². The van der Waals surface area contributed by atoms with Crippen molar-refractivity contribution >= 4 is 11.6 Å². The highest BCUT2D eigenvalue weighted by Gasteiger charge is 2.32. The monoisotopic (exact) mass is 287 g/mol. The second-order valence-electron chi connectivity index (χ2n) is 5.70. The summed E-state index contributed by atoms with van der Waals surface area (Å²) in [4.78, 5) is 0. The van der Waals surface area contributed by atoms with Gasteiger partial charge in [-0.2, -0.15) is 0 Å². The number of halogens is 3. The zero-order valence-corrected chi connectivity index (χ0v) is 11.9. The van der Waals surface area contributed by atoms with Crippen LogP contribution in [0.2, 0.25) is 0 Å². The summed E-state index contributed by atoms with van der Waals surface area (Å²) in [7, 11) is 0. The van der Waals surface area contributed by atoms with E-state index in [1.165, 1.54) is 12.1 Å². The molecule has 0 aliphatic heterocycles. The van der Waals surface area contributed by atoms with E-state index < -0.39 is 11.6 Å². The summed E-state index contributed by atoms with van der Waals surface area (Å²) in [5, 5.41) is 3.45. The van der Waals surface area contributed by atoms with Crippen LogP contribution in [0.4, 0.5) is 8.78 Å². The Labute approximate surface area is 118 Å². The second-order valence-corrected chi connectivity index (χ2v) is 5.97. The van der Waals surface area contributed by atoms with Crippen molar-refractivity contribution in [2.24, 2.45) is 5.92 Å². The highest BCUT2D eigenvalue weighted by Crippen LogP contribution is 2.33. The molecule has 19 heavy (non-hydrogen) atoms. The molecule has 0 aromatic heterocycles. The van der Waals surface area contributed by atoms with E-state index in [1.54, 1.807) is 6.07 Å². The minimum atomic E-state index is -0.803. The van der Waals surface area contributed by atoms with Gasteiger partial charge in [0.1, 0.15) is 0 Å². The Kier molecular flexibility index (Phi) is 4.80. The standard InChI is InChI=1S/C15H20ClF2N/c1-11-4-6-15(10-16,7-5-11)19-9-12-2-3-13(17)14(18)8-12/h2-3,8,11,19H,4-7,9-10H2,1H3. The largest absolute Gasteiger partial charge is 0.306 e. The number of alkyl halides is 1. The Morgan fingerprint density at radius 2 is 1.95 bits per heavy atom. The van der Waals surface area contributed by atoms with E-state index in [-0.39, 0.29) is 5.54 Å². The van der Waals surface area contributed by atoms with Crippen LogP contribution in [0.25, 0.3) is 0 Å². The van der Waals surface area contributed by atoms with Crippen molar-refractivity contribution < 1.29 is 8.78 Å². The van der Waals surface area contributed by atoms with Gasteiger partial charge in [-0.3, -0.25) is 0 Å². The van der Waals surface area contributed by atoms with Crippen LogP contribution in [0, 0.1) is 17.6 Å². The lowest BCUT2D eigenvalue weighted by molar-refractivity contribution is 0.216. The smallest absolute Gasteiger partial charge is 0.159 e. The van der Waals surface area contributed by atoms with Crippen molar-refractivity contribution in [3.8, 4) is 0 Å². The lowest BCUT2D eigenvalue weighted by atomic mass is 9.78. The molecule has 0 heterocycles. The predicted octanol–water partition coefficient (Wildman–Crippen LogP) is 4.24. The highest BCUT2D eigenvalue weighted by atomic mass is 35.5. The van der Waals surface area contributed by atoms with E-state index in [1.807, 2.05) is 0 Å². The van der Waals surface area contributed by atoms with E-state index >= 15 is 0 Å². The summed E-state index contributed by atoms with van der Waals surface area (Å²) in [6.07, 6.45) is 4.41. The van der Waals surface area contributed by atoms with Crippen LogP contribution in [0.5, 0.6) is 0 Å². The topological polar surface area (TPSA) is 12.0 Å². The van der Waals surface area contributed by atoms with Gasteiger partial charge >= 0.3 is 0 Å². The summed E-state index contributed by atoms with van der Waals surface area (Å²) >= 11 is 6.11. The first-order valence-electron chi connectivity index (χ1n) is 6.79. The Balaban J connectivity index is 1.97. The van der Waals surface area contributed by atoms with Crippen LogP contribution in [-0.4, -0.2) is 11.4 Å². The van der Waals surface area contributed by atoms with Gasteiger partial charge in [0, 0.05) is 18.0 Å². The molecule has 0 saturated heterocycles. The van der Waals surface area contributed by atoms with Gasteiger partial charge in [0.05, 0.1) is 0 Å². The number of rotatable bonds is 4. The molecule has 1 fully saturated rings. The van der Waals surface area contributed by atoms with Gasteiger partial charge in [-0.05, 0) is 49.3 Å². The van der Waals surface area contributed by atoms with Gasteiger partial charge in [0.25, 0.3) is 0 Å². The molecule has 1 saturated carbocycles. The lowest BCUT2D eigenvalue weighted by Gasteiger charge is -2.39. The molecule has 0 radical (unpaired) electrons. The van der Waals surface area contributed by atoms with Crippen LogP contribution in [0.15, 0.2) is 18.2 Å². The Bertz CT molecular complexity index is 428. The number of hydrogen-bond donors (Lipinski definition) is 1. The van der Waals surface area contributed by atoms with E-state index in [4.69, 9.17) is 11.6 Å². The average Bonchev–Trinajstić information content (AvgIpc) is 2.42. The van der Waals surface area contributed by atoms with Crippen LogP contribution < -0.4 is 5.32 Å². The molecule has 1 N–H and O–H groups in total. The fraction of sp³-hybridized carbons (Fsp3) is 0.600. The third-order valence-corrected chi connectivity index (χ3v) is 4.65. The fourth-order valence-corrected chi connectivity index (χ4v) is 2.97. The first-order chi connectivity index (χ1) is 9.04. The van der Waals surface area contributed by atoms with Crippen molar-refractivity contribution in [2.75, 3.05) is 5.88 Å². The van der Waals surface area contributed by atoms with E-state index in [2.05, 4.69) is 12.2 Å². The molecule has 1 aliphatic carbocycles. The normalized spacial score (nSPS) is 27.5. The van der Waals surface area contributed by atoms with Gasteiger partial charge in [-0.25, -0.2) is 8.78 Å². The minimum Gasteiger partial charge on any atom is -0.306 e. The number of hydrogen-bond acceptors (Lipinski definition) is 1. The zero-order valence-electron chi connectivity index (χ0n) is 11.2. The maximum absolute atomic E-state index is 13.1. The van der Waals surface area contributed by atoms with Crippen molar-refractivity contribution in [3.63, 3.8) is 0 Å². The van der Waals surface area contributed by atoms with Crippen molar-refractivity contribution in [2.45, 2.75) is 44.7 Å². The maximum Gasteiger partial charge on any atom is 0.159 e. The first-order valence-corrected chi connectivity index (χ1v) is 7.33. The average molecular weight is 288 g/mol. The third-order valence-electron chi connectivity index (χ3n) is 4.14. The minimum absolute atomic E-state index is 0.0566. The van der Waals surface area contributed by atoms with Crippen LogP contribution >= 0.6 is 11.6 Å². The molecule has 4 heteroatoms. The predicted molar refractivity (Wildman–Crippen MR) is 74.3 cm³/mol. The van der Waals surface area contributed by atoms with E-state index in [0.717, 1.165) is 37.2 Å². The number of nitrogens with one attached hydrogen (secondary N) is 1. The fourth-order valence-electron chi connectivity index (χ4n) is 2.61. The quantitative estimate of drug-likeness (QED) is 0.817. The van der Waals surface area contributed by atoms with Crippen LogP contribution in [-0.2, 0) is 6.54 Å². The van der Waals surface area contributed by atoms with Gasteiger partial charge in [0.15, 0.2) is 11.6 Å². The van der Waals surface area contributed by atoms with Crippen molar-refractivity contribution in [1.29, 1.82) is 0 Å². The Morgan fingerprint density at radius 1 is 1.26 bits per heavy atom. The molecule has 1 aromatic carbocycles. The molecule has 1 aliphatic rings. The van der Waals surface area contributed by atoms with E-state index in [0.29, 0.717) is 12.4 Å². The molecule has 0 unspecified atom stereocenters. The SMILES string of the molecule is CC1CCC(CCl)(NCc2ccc(F)c(F)c2)CC1. The van der Waals surface area contributed by atoms with Gasteiger partial charge in [-0.1, -0.05) is 13.0 Å². The summed E-state index contributed by atoms with van der Waals surface area (Å²) in [6, 6.07) is 4.02. The highest BCUT2D eigenvalue weighted by molar-refractivity contribution is 6.18. The first kappa shape index (κ1) is 14.7. The summed E-state index contributed by atoms with van der Waals surface area (Å²) in [6.45, 7) is 2.78. The molecule has 106 valence electrons. The Hall–Kier alpha value is -0.670. The molecule has 2 rings (SSSR count). The third kappa shape index (κ3) is 3.67. The Morgan fingerprint density at radius 3 is 2.53 bits per heavy atom. The molecule has 1 aromatic rings. The summed E-state index contributed by atoms with van der Waals surface area (Å²) < 4.78 is 26.0. The summed E-state index contributed by atoms with van der Waals surface area (Å²) in [5.74, 6) is -0.288. The molecule has 1 nitrogen and oxygen atoms in total. The molecule has 0 atom stereocenters. The van der Waals surface area contributed by atoms with Crippen molar-refractivity contribution in [3.05, 3.63) is 35.4 Å². The second kappa shape index (κ2) is 6.19. The molecule has 0 spiro atoms. The number of benzene rings is 1. The van der Waals surface area contributed by atoms with E-state index in [9.17, 15) is 8.78 Å². The van der Waals surface area contributed by atoms with Crippen molar-refractivity contribution in [1.82, 2.24) is 5.32 Å². The molecular formula is C15H20ClF2N. The van der Waals surface area contributed by atoms with Crippen LogP contribution in [0.3, 0.4) is 0 Å². The summed E-state index contributed by atoms with van der Waals surface area (Å²) in [5.41, 5.74) is 0.695. The molecule has 0 amide bonds. The van der Waals surface area contributed by atoms with Gasteiger partial charge in [-0.15, -0.1) is 11.6 Å². The molecular weight excluding hydrogens is 268 g/mol. The van der Waals surface area contributed by atoms with Gasteiger partial charge in [0.2, 0.25) is 0 Å². The lowest BCUT2D eigenvalue weighted by Crippen LogP contribution is -2.49. The van der Waals surface area contributed by atoms with Gasteiger partial charge < -0.3 is 5.32 Å².